The molecule has 3 aromatic rings. The summed E-state index contributed by atoms with van der Waals surface area (Å²) in [6, 6.07) is 20.5. The molecular weight excluding hydrogens is 320 g/mol. The van der Waals surface area contributed by atoms with Crippen molar-refractivity contribution in [1.82, 2.24) is 0 Å². The molecule has 0 saturated carbocycles. The van der Waals surface area contributed by atoms with Crippen molar-refractivity contribution in [1.29, 1.82) is 0 Å². The zero-order valence-corrected chi connectivity index (χ0v) is 14.3. The Labute approximate surface area is 145 Å². The van der Waals surface area contributed by atoms with Crippen LogP contribution < -0.4 is 4.74 Å². The van der Waals surface area contributed by atoms with Gasteiger partial charge in [-0.05, 0) is 42.3 Å². The highest BCUT2D eigenvalue weighted by Gasteiger charge is 2.45. The van der Waals surface area contributed by atoms with E-state index >= 15 is 0 Å². The summed E-state index contributed by atoms with van der Waals surface area (Å²) >= 11 is 1.51. The van der Waals surface area contributed by atoms with Crippen LogP contribution in [-0.2, 0) is 10.2 Å². The van der Waals surface area contributed by atoms with Crippen molar-refractivity contribution in [3.63, 3.8) is 0 Å². The van der Waals surface area contributed by atoms with Crippen LogP contribution in [0.3, 0.4) is 0 Å². The van der Waals surface area contributed by atoms with Crippen LogP contribution in [-0.4, -0.2) is 18.2 Å². The van der Waals surface area contributed by atoms with E-state index in [-0.39, 0.29) is 0 Å². The van der Waals surface area contributed by atoms with Crippen molar-refractivity contribution < 1.29 is 14.6 Å². The Hall–Kier alpha value is -2.59. The number of thiophene rings is 1. The van der Waals surface area contributed by atoms with Gasteiger partial charge in [0, 0.05) is 9.75 Å². The normalized spacial score (nSPS) is 13.2. The van der Waals surface area contributed by atoms with Gasteiger partial charge < -0.3 is 9.84 Å². The molecule has 1 aromatic heterocycles. The average molecular weight is 338 g/mol. The summed E-state index contributed by atoms with van der Waals surface area (Å²) in [6.07, 6.45) is 0. The lowest BCUT2D eigenvalue weighted by molar-refractivity contribution is -0.140. The lowest BCUT2D eigenvalue weighted by Crippen LogP contribution is -2.37. The number of hydrogen-bond acceptors (Lipinski definition) is 3. The van der Waals surface area contributed by atoms with Gasteiger partial charge in [-0.25, -0.2) is 0 Å². The second-order valence-corrected chi connectivity index (χ2v) is 6.85. The van der Waals surface area contributed by atoms with Crippen LogP contribution in [0.15, 0.2) is 66.7 Å². The molecule has 0 aliphatic heterocycles. The minimum atomic E-state index is -1.23. The average Bonchev–Trinajstić information content (AvgIpc) is 3.03. The monoisotopic (exact) mass is 338 g/mol. The zero-order chi connectivity index (χ0) is 17.2. The van der Waals surface area contributed by atoms with Crippen LogP contribution in [0.1, 0.15) is 20.9 Å². The van der Waals surface area contributed by atoms with E-state index in [4.69, 9.17) is 4.74 Å². The van der Waals surface area contributed by atoms with Gasteiger partial charge in [0.05, 0.1) is 7.11 Å². The number of carboxylic acid groups (broad SMARTS) is 1. The predicted molar refractivity (Wildman–Crippen MR) is 96.0 cm³/mol. The summed E-state index contributed by atoms with van der Waals surface area (Å²) in [6.45, 7) is 1.99. The third-order valence-electron chi connectivity index (χ3n) is 4.16. The van der Waals surface area contributed by atoms with E-state index < -0.39 is 11.4 Å². The van der Waals surface area contributed by atoms with Crippen molar-refractivity contribution in [2.75, 3.05) is 7.11 Å². The molecule has 4 heteroatoms. The number of ether oxygens (including phenoxy) is 1. The molecule has 2 aromatic carbocycles. The maximum absolute atomic E-state index is 12.6. The molecule has 0 fully saturated rings. The number of benzene rings is 2. The fraction of sp³-hybridized carbons (Fsp3) is 0.150. The Bertz CT molecular complexity index is 837. The van der Waals surface area contributed by atoms with Gasteiger partial charge in [0.2, 0.25) is 0 Å². The molecule has 0 aliphatic rings. The SMILES string of the molecule is COc1ccc(C(C(=O)O)(c2ccccc2)c2ccc(C)s2)cc1. The van der Waals surface area contributed by atoms with E-state index in [1.807, 2.05) is 61.5 Å². The predicted octanol–water partition coefficient (Wildman–Crippen LogP) is 4.48. The van der Waals surface area contributed by atoms with Gasteiger partial charge in [0.1, 0.15) is 5.75 Å². The third kappa shape index (κ3) is 2.59. The van der Waals surface area contributed by atoms with Crippen molar-refractivity contribution in [2.45, 2.75) is 12.3 Å². The smallest absolute Gasteiger partial charge is 0.324 e. The van der Waals surface area contributed by atoms with Crippen molar-refractivity contribution in [2.24, 2.45) is 0 Å². The van der Waals surface area contributed by atoms with Gasteiger partial charge in [-0.15, -0.1) is 11.3 Å². The molecule has 0 saturated heterocycles. The Kier molecular flexibility index (Phi) is 4.40. The molecular formula is C20H18O3S. The molecule has 0 aliphatic carbocycles. The van der Waals surface area contributed by atoms with Crippen LogP contribution in [0.2, 0.25) is 0 Å². The minimum absolute atomic E-state index is 0.702. The number of rotatable bonds is 5. The maximum atomic E-state index is 12.6. The fourth-order valence-corrected chi connectivity index (χ4v) is 4.06. The van der Waals surface area contributed by atoms with Gasteiger partial charge in [-0.3, -0.25) is 4.79 Å². The Morgan fingerprint density at radius 3 is 2.08 bits per heavy atom. The van der Waals surface area contributed by atoms with Crippen LogP contribution in [0.5, 0.6) is 5.75 Å². The van der Waals surface area contributed by atoms with Gasteiger partial charge >= 0.3 is 5.97 Å². The first kappa shape index (κ1) is 16.3. The molecule has 1 atom stereocenters. The fourth-order valence-electron chi connectivity index (χ4n) is 2.97. The summed E-state index contributed by atoms with van der Waals surface area (Å²) in [4.78, 5) is 14.4. The number of carbonyl (C=O) groups is 1. The molecule has 3 nitrogen and oxygen atoms in total. The van der Waals surface area contributed by atoms with E-state index in [2.05, 4.69) is 0 Å². The molecule has 0 spiro atoms. The zero-order valence-electron chi connectivity index (χ0n) is 13.5. The third-order valence-corrected chi connectivity index (χ3v) is 5.28. The second-order valence-electron chi connectivity index (χ2n) is 5.56. The second kappa shape index (κ2) is 6.49. The Morgan fingerprint density at radius 2 is 1.58 bits per heavy atom. The molecule has 1 N–H and O–H groups in total. The maximum Gasteiger partial charge on any atom is 0.324 e. The van der Waals surface area contributed by atoms with E-state index in [9.17, 15) is 9.90 Å². The van der Waals surface area contributed by atoms with Crippen molar-refractivity contribution in [3.05, 3.63) is 87.6 Å². The van der Waals surface area contributed by atoms with Crippen molar-refractivity contribution >= 4 is 17.3 Å². The minimum Gasteiger partial charge on any atom is -0.497 e. The molecule has 1 unspecified atom stereocenters. The largest absolute Gasteiger partial charge is 0.497 e. The first-order chi connectivity index (χ1) is 11.6. The van der Waals surface area contributed by atoms with Crippen molar-refractivity contribution in [3.8, 4) is 5.75 Å². The number of carboxylic acids is 1. The van der Waals surface area contributed by atoms with E-state index in [1.165, 1.54) is 11.3 Å². The quantitative estimate of drug-likeness (QED) is 0.746. The molecule has 122 valence electrons. The van der Waals surface area contributed by atoms with Gasteiger partial charge in [-0.2, -0.15) is 0 Å². The molecule has 0 radical (unpaired) electrons. The Morgan fingerprint density at radius 1 is 0.958 bits per heavy atom. The van der Waals surface area contributed by atoms with Crippen LogP contribution in [0.4, 0.5) is 0 Å². The van der Waals surface area contributed by atoms with E-state index in [0.29, 0.717) is 11.3 Å². The topological polar surface area (TPSA) is 46.5 Å². The summed E-state index contributed by atoms with van der Waals surface area (Å²) < 4.78 is 5.21. The lowest BCUT2D eigenvalue weighted by atomic mass is 9.73. The summed E-state index contributed by atoms with van der Waals surface area (Å²) in [5.74, 6) is -0.186. The van der Waals surface area contributed by atoms with E-state index in [0.717, 1.165) is 15.3 Å². The first-order valence-electron chi connectivity index (χ1n) is 7.59. The standard InChI is InChI=1S/C20H18O3S/c1-14-8-13-18(24-14)20(19(21)22,15-6-4-3-5-7-15)16-9-11-17(23-2)12-10-16/h3-13H,1-2H3,(H,21,22). The van der Waals surface area contributed by atoms with Crippen LogP contribution in [0, 0.1) is 6.92 Å². The molecule has 1 heterocycles. The number of methoxy groups -OCH3 is 1. The summed E-state index contributed by atoms with van der Waals surface area (Å²) in [7, 11) is 1.60. The Balaban J connectivity index is 2.31. The van der Waals surface area contributed by atoms with Gasteiger partial charge in [0.15, 0.2) is 5.41 Å². The summed E-state index contributed by atoms with van der Waals surface area (Å²) in [5, 5.41) is 10.3. The lowest BCUT2D eigenvalue weighted by Gasteiger charge is -2.30. The van der Waals surface area contributed by atoms with Gasteiger partial charge in [-0.1, -0.05) is 42.5 Å². The molecule has 0 bridgehead atoms. The highest BCUT2D eigenvalue weighted by molar-refractivity contribution is 7.12. The van der Waals surface area contributed by atoms with Crippen LogP contribution >= 0.6 is 11.3 Å². The molecule has 24 heavy (non-hydrogen) atoms. The number of aryl methyl sites for hydroxylation is 1. The highest BCUT2D eigenvalue weighted by atomic mass is 32.1. The number of aliphatic carboxylic acids is 1. The molecule has 0 amide bonds. The summed E-state index contributed by atoms with van der Waals surface area (Å²) in [5.41, 5.74) is 0.222. The van der Waals surface area contributed by atoms with Gasteiger partial charge in [0.25, 0.3) is 0 Å². The number of hydrogen-bond donors (Lipinski definition) is 1. The van der Waals surface area contributed by atoms with Crippen LogP contribution in [0.25, 0.3) is 0 Å². The highest BCUT2D eigenvalue weighted by Crippen LogP contribution is 2.43. The van der Waals surface area contributed by atoms with E-state index in [1.54, 1.807) is 19.2 Å². The molecule has 3 rings (SSSR count). The first-order valence-corrected chi connectivity index (χ1v) is 8.41.